The summed E-state index contributed by atoms with van der Waals surface area (Å²) in [6, 6.07) is 14.6. The van der Waals surface area contributed by atoms with E-state index in [2.05, 4.69) is 20.3 Å². The molecule has 5 rings (SSSR count). The third-order valence-electron chi connectivity index (χ3n) is 5.08. The molecule has 0 fully saturated rings. The normalized spacial score (nSPS) is 11.9. The number of rotatable bonds is 3. The molecule has 0 spiro atoms. The van der Waals surface area contributed by atoms with Crippen molar-refractivity contribution in [2.75, 3.05) is 5.73 Å². The number of halogens is 3. The van der Waals surface area contributed by atoms with E-state index in [0.29, 0.717) is 15.8 Å². The predicted octanol–water partition coefficient (Wildman–Crippen LogP) is 4.32. The highest BCUT2D eigenvalue weighted by Gasteiger charge is 2.39. The number of hydrogen-bond donors (Lipinski definition) is 2. The zero-order valence-electron chi connectivity index (χ0n) is 17.0. The first-order valence-electron chi connectivity index (χ1n) is 9.72. The van der Waals surface area contributed by atoms with Crippen molar-refractivity contribution in [3.05, 3.63) is 76.3 Å². The summed E-state index contributed by atoms with van der Waals surface area (Å²) in [4.78, 5) is 16.1. The highest BCUT2D eigenvalue weighted by molar-refractivity contribution is 5.81. The van der Waals surface area contributed by atoms with Gasteiger partial charge in [0.15, 0.2) is 5.69 Å². The Morgan fingerprint density at radius 3 is 2.36 bits per heavy atom. The zero-order chi connectivity index (χ0) is 23.3. The Hall–Kier alpha value is -4.41. The summed E-state index contributed by atoms with van der Waals surface area (Å²) >= 11 is 0. The van der Waals surface area contributed by atoms with Crippen LogP contribution < -0.4 is 11.3 Å². The van der Waals surface area contributed by atoms with E-state index >= 15 is 0 Å². The summed E-state index contributed by atoms with van der Waals surface area (Å²) in [6.45, 7) is 1.54. The summed E-state index contributed by atoms with van der Waals surface area (Å²) in [5.41, 5.74) is 4.92. The van der Waals surface area contributed by atoms with Crippen LogP contribution >= 0.6 is 0 Å². The Morgan fingerprint density at radius 1 is 0.970 bits per heavy atom. The van der Waals surface area contributed by atoms with Gasteiger partial charge in [0.2, 0.25) is 5.89 Å². The quantitative estimate of drug-likeness (QED) is 0.394. The maximum absolute atomic E-state index is 13.8. The number of benzene rings is 2. The number of aryl methyl sites for hydroxylation is 1. The van der Waals surface area contributed by atoms with Gasteiger partial charge in [0.1, 0.15) is 11.2 Å². The molecule has 0 saturated heterocycles. The molecule has 0 radical (unpaired) electrons. The minimum atomic E-state index is -4.78. The largest absolute Gasteiger partial charge is 0.435 e. The van der Waals surface area contributed by atoms with Crippen molar-refractivity contribution in [3.8, 4) is 34.0 Å². The molecule has 0 aliphatic heterocycles. The van der Waals surface area contributed by atoms with Crippen LogP contribution in [0.3, 0.4) is 0 Å². The van der Waals surface area contributed by atoms with Crippen molar-refractivity contribution < 1.29 is 17.6 Å². The second-order valence-corrected chi connectivity index (χ2v) is 7.32. The second-order valence-electron chi connectivity index (χ2n) is 7.32. The van der Waals surface area contributed by atoms with Crippen LogP contribution in [0.25, 0.3) is 39.7 Å². The first-order chi connectivity index (χ1) is 15.7. The molecule has 3 N–H and O–H groups in total. The van der Waals surface area contributed by atoms with Crippen LogP contribution in [-0.4, -0.2) is 24.8 Å². The van der Waals surface area contributed by atoms with Crippen LogP contribution in [0.1, 0.15) is 11.4 Å². The van der Waals surface area contributed by atoms with E-state index in [4.69, 9.17) is 10.2 Å². The molecule has 3 heterocycles. The molecule has 8 nitrogen and oxygen atoms in total. The van der Waals surface area contributed by atoms with E-state index in [-0.39, 0.29) is 39.8 Å². The molecule has 166 valence electrons. The SMILES string of the molecule is Cc1[nH]c2c(-c3ccccc3)c(C(F)(F)F)nn2c(=O)c1-c1nnc(-c2cccc(N)c2)o1. The molecule has 0 aliphatic carbocycles. The van der Waals surface area contributed by atoms with Gasteiger partial charge < -0.3 is 15.1 Å². The van der Waals surface area contributed by atoms with Crippen molar-refractivity contribution in [3.63, 3.8) is 0 Å². The first-order valence-corrected chi connectivity index (χ1v) is 9.72. The summed E-state index contributed by atoms with van der Waals surface area (Å²) in [6.07, 6.45) is -4.78. The number of hydrogen-bond acceptors (Lipinski definition) is 6. The van der Waals surface area contributed by atoms with Gasteiger partial charge in [-0.05, 0) is 30.7 Å². The summed E-state index contributed by atoms with van der Waals surface area (Å²) in [5.74, 6) is -0.0454. The highest BCUT2D eigenvalue weighted by Crippen LogP contribution is 2.38. The van der Waals surface area contributed by atoms with Gasteiger partial charge in [-0.1, -0.05) is 36.4 Å². The number of H-pyrrole nitrogens is 1. The number of nitrogen functional groups attached to an aromatic ring is 1. The Labute approximate surface area is 183 Å². The number of nitrogens with two attached hydrogens (primary N) is 1. The third-order valence-corrected chi connectivity index (χ3v) is 5.08. The lowest BCUT2D eigenvalue weighted by molar-refractivity contribution is -0.140. The van der Waals surface area contributed by atoms with Gasteiger partial charge in [0.05, 0.1) is 5.56 Å². The molecule has 0 atom stereocenters. The van der Waals surface area contributed by atoms with E-state index in [1.165, 1.54) is 19.1 Å². The lowest BCUT2D eigenvalue weighted by atomic mass is 10.1. The molecule has 0 amide bonds. The monoisotopic (exact) mass is 452 g/mol. The topological polar surface area (TPSA) is 115 Å². The fraction of sp³-hybridized carbons (Fsp3) is 0.0909. The average Bonchev–Trinajstić information content (AvgIpc) is 3.40. The number of fused-ring (bicyclic) bond motifs is 1. The maximum atomic E-state index is 13.8. The van der Waals surface area contributed by atoms with Crippen molar-refractivity contribution in [2.24, 2.45) is 0 Å². The number of aromatic amines is 1. The predicted molar refractivity (Wildman–Crippen MR) is 114 cm³/mol. The highest BCUT2D eigenvalue weighted by atomic mass is 19.4. The minimum Gasteiger partial charge on any atom is -0.416 e. The van der Waals surface area contributed by atoms with E-state index in [1.54, 1.807) is 42.5 Å². The van der Waals surface area contributed by atoms with Gasteiger partial charge in [-0.25, -0.2) is 0 Å². The van der Waals surface area contributed by atoms with Gasteiger partial charge in [-0.3, -0.25) is 4.79 Å². The van der Waals surface area contributed by atoms with Crippen LogP contribution in [0, 0.1) is 6.92 Å². The summed E-state index contributed by atoms with van der Waals surface area (Å²) in [7, 11) is 0. The van der Waals surface area contributed by atoms with Crippen molar-refractivity contribution >= 4 is 11.3 Å². The van der Waals surface area contributed by atoms with Crippen LogP contribution in [0.2, 0.25) is 0 Å². The lowest BCUT2D eigenvalue weighted by Crippen LogP contribution is -2.20. The smallest absolute Gasteiger partial charge is 0.416 e. The number of nitrogens with zero attached hydrogens (tertiary/aromatic N) is 4. The Bertz CT molecular complexity index is 1550. The molecule has 11 heteroatoms. The van der Waals surface area contributed by atoms with E-state index in [1.807, 2.05) is 0 Å². The molecule has 0 unspecified atom stereocenters. The van der Waals surface area contributed by atoms with Gasteiger partial charge in [-0.2, -0.15) is 22.8 Å². The third kappa shape index (κ3) is 3.43. The standard InChI is InChI=1S/C22H15F3N6O2/c1-11-15(20-29-28-19(33-20)13-8-5-9-14(26)10-13)21(32)31-18(27-11)16(12-6-3-2-4-7-12)17(30-31)22(23,24)25/h2-10,27H,26H2,1H3. The van der Waals surface area contributed by atoms with Crippen LogP contribution in [0.4, 0.5) is 18.9 Å². The van der Waals surface area contributed by atoms with Crippen LogP contribution in [0.15, 0.2) is 63.8 Å². The molecule has 5 aromatic rings. The Kier molecular flexibility index (Phi) is 4.55. The van der Waals surface area contributed by atoms with Crippen LogP contribution in [0.5, 0.6) is 0 Å². The van der Waals surface area contributed by atoms with Crippen molar-refractivity contribution in [2.45, 2.75) is 13.1 Å². The minimum absolute atomic E-state index is 0.0824. The van der Waals surface area contributed by atoms with Gasteiger partial charge in [0, 0.05) is 16.9 Å². The molecule has 0 bridgehead atoms. The number of aromatic nitrogens is 5. The molecule has 0 saturated carbocycles. The fourth-order valence-electron chi connectivity index (χ4n) is 3.63. The zero-order valence-corrected chi connectivity index (χ0v) is 17.0. The summed E-state index contributed by atoms with van der Waals surface area (Å²) < 4.78 is 47.8. The van der Waals surface area contributed by atoms with E-state index in [9.17, 15) is 18.0 Å². The van der Waals surface area contributed by atoms with E-state index < -0.39 is 17.4 Å². The molecule has 0 aliphatic rings. The average molecular weight is 452 g/mol. The first kappa shape index (κ1) is 20.5. The van der Waals surface area contributed by atoms with E-state index in [0.717, 1.165) is 0 Å². The van der Waals surface area contributed by atoms with Crippen LogP contribution in [-0.2, 0) is 6.18 Å². The maximum Gasteiger partial charge on any atom is 0.435 e. The molecule has 2 aromatic carbocycles. The van der Waals surface area contributed by atoms with Crippen molar-refractivity contribution in [1.29, 1.82) is 0 Å². The van der Waals surface area contributed by atoms with Gasteiger partial charge >= 0.3 is 6.18 Å². The molecule has 3 aromatic heterocycles. The lowest BCUT2D eigenvalue weighted by Gasteiger charge is -2.07. The fourth-order valence-corrected chi connectivity index (χ4v) is 3.63. The molecular formula is C22H15F3N6O2. The molecule has 33 heavy (non-hydrogen) atoms. The molecular weight excluding hydrogens is 437 g/mol. The Morgan fingerprint density at radius 2 is 1.67 bits per heavy atom. The van der Waals surface area contributed by atoms with Gasteiger partial charge in [-0.15, -0.1) is 10.2 Å². The number of alkyl halides is 3. The number of nitrogens with one attached hydrogen (secondary N) is 1. The second kappa shape index (κ2) is 7.33. The van der Waals surface area contributed by atoms with Crippen molar-refractivity contribution in [1.82, 2.24) is 24.8 Å². The van der Waals surface area contributed by atoms with Gasteiger partial charge in [0.25, 0.3) is 11.4 Å². The Balaban J connectivity index is 1.73. The summed E-state index contributed by atoms with van der Waals surface area (Å²) in [5, 5.41) is 11.5. The number of anilines is 1.